The first-order chi connectivity index (χ1) is 13.6. The topological polar surface area (TPSA) is 55.6 Å². The van der Waals surface area contributed by atoms with Crippen molar-refractivity contribution in [1.82, 2.24) is 10.1 Å². The van der Waals surface area contributed by atoms with Gasteiger partial charge in [0.25, 0.3) is 0 Å². The molecule has 7 heteroatoms. The van der Waals surface area contributed by atoms with Crippen LogP contribution in [0.15, 0.2) is 46.3 Å². The molecule has 28 heavy (non-hydrogen) atoms. The van der Waals surface area contributed by atoms with E-state index >= 15 is 0 Å². The Morgan fingerprint density at radius 2 is 2.04 bits per heavy atom. The molecule has 0 aliphatic rings. The summed E-state index contributed by atoms with van der Waals surface area (Å²) >= 11 is 3.25. The molecule has 2 aromatic heterocycles. The molecule has 3 aromatic rings. The minimum absolute atomic E-state index is 0.107. The first kappa shape index (κ1) is 20.5. The molecule has 0 saturated heterocycles. The number of hydrogen-bond donors (Lipinski definition) is 0. The zero-order valence-corrected chi connectivity index (χ0v) is 17.9. The number of thioether (sulfide) groups is 1. The van der Waals surface area contributed by atoms with Gasteiger partial charge >= 0.3 is 0 Å². The van der Waals surface area contributed by atoms with Crippen molar-refractivity contribution in [3.63, 3.8) is 0 Å². The first-order valence-electron chi connectivity index (χ1n) is 9.00. The molecule has 0 N–H and O–H groups in total. The molecule has 0 aliphatic carbocycles. The molecule has 2 heterocycles. The number of carbonyl (C=O) groups is 1. The third-order valence-electron chi connectivity index (χ3n) is 4.49. The number of aryl methyl sites for hydroxylation is 2. The highest BCUT2D eigenvalue weighted by Crippen LogP contribution is 2.24. The fourth-order valence-electron chi connectivity index (χ4n) is 2.90. The number of benzene rings is 1. The lowest BCUT2D eigenvalue weighted by atomic mass is 10.2. The van der Waals surface area contributed by atoms with E-state index in [2.05, 4.69) is 11.2 Å². The highest BCUT2D eigenvalue weighted by molar-refractivity contribution is 7.99. The Balaban J connectivity index is 1.68. The second kappa shape index (κ2) is 9.80. The number of rotatable bonds is 9. The van der Waals surface area contributed by atoms with E-state index in [-0.39, 0.29) is 5.91 Å². The SMILES string of the molecule is COc1ccccc1CN(Cc1cccs1)C(=O)CSCc1c(C)noc1C. The number of para-hydroxylation sites is 1. The smallest absolute Gasteiger partial charge is 0.233 e. The third-order valence-corrected chi connectivity index (χ3v) is 6.29. The third kappa shape index (κ3) is 5.17. The summed E-state index contributed by atoms with van der Waals surface area (Å²) in [4.78, 5) is 16.1. The zero-order valence-electron chi connectivity index (χ0n) is 16.3. The molecule has 0 atom stereocenters. The molecule has 5 nitrogen and oxygen atoms in total. The van der Waals surface area contributed by atoms with Crippen molar-refractivity contribution in [2.45, 2.75) is 32.7 Å². The van der Waals surface area contributed by atoms with Crippen LogP contribution in [0.3, 0.4) is 0 Å². The minimum Gasteiger partial charge on any atom is -0.496 e. The van der Waals surface area contributed by atoms with Gasteiger partial charge in [-0.25, -0.2) is 0 Å². The highest BCUT2D eigenvalue weighted by Gasteiger charge is 2.18. The summed E-state index contributed by atoms with van der Waals surface area (Å²) < 4.78 is 10.7. The van der Waals surface area contributed by atoms with Crippen LogP contribution in [0.2, 0.25) is 0 Å². The van der Waals surface area contributed by atoms with Crippen LogP contribution in [-0.2, 0) is 23.6 Å². The summed E-state index contributed by atoms with van der Waals surface area (Å²) in [6.45, 7) is 4.95. The van der Waals surface area contributed by atoms with Gasteiger partial charge in [-0.3, -0.25) is 4.79 Å². The quantitative estimate of drug-likeness (QED) is 0.500. The van der Waals surface area contributed by atoms with E-state index in [4.69, 9.17) is 9.26 Å². The average Bonchev–Trinajstić information content (AvgIpc) is 3.32. The van der Waals surface area contributed by atoms with E-state index in [9.17, 15) is 4.79 Å². The van der Waals surface area contributed by atoms with E-state index in [1.165, 1.54) is 4.88 Å². The Kier molecular flexibility index (Phi) is 7.17. The van der Waals surface area contributed by atoms with Gasteiger partial charge < -0.3 is 14.2 Å². The molecule has 0 saturated carbocycles. The van der Waals surface area contributed by atoms with E-state index in [1.54, 1.807) is 30.2 Å². The van der Waals surface area contributed by atoms with E-state index in [0.29, 0.717) is 24.6 Å². The normalized spacial score (nSPS) is 10.8. The fourth-order valence-corrected chi connectivity index (χ4v) is 4.70. The summed E-state index contributed by atoms with van der Waals surface area (Å²) in [5, 5.41) is 6.01. The Labute approximate surface area is 173 Å². The van der Waals surface area contributed by atoms with Crippen LogP contribution in [0, 0.1) is 13.8 Å². The summed E-state index contributed by atoms with van der Waals surface area (Å²) in [6.07, 6.45) is 0. The zero-order chi connectivity index (χ0) is 19.9. The number of methoxy groups -OCH3 is 1. The first-order valence-corrected chi connectivity index (χ1v) is 11.0. The highest BCUT2D eigenvalue weighted by atomic mass is 32.2. The standard InChI is InChI=1S/C21H24N2O3S2/c1-15-19(16(2)26-22-15)13-27-14-21(24)23(12-18-8-6-10-28-18)11-17-7-4-5-9-20(17)25-3/h4-10H,11-14H2,1-3H3. The summed E-state index contributed by atoms with van der Waals surface area (Å²) in [5.41, 5.74) is 2.97. The Morgan fingerprint density at radius 1 is 1.21 bits per heavy atom. The van der Waals surface area contributed by atoms with Crippen molar-refractivity contribution in [3.8, 4) is 5.75 Å². The monoisotopic (exact) mass is 416 g/mol. The predicted molar refractivity (Wildman–Crippen MR) is 114 cm³/mol. The Morgan fingerprint density at radius 3 is 2.71 bits per heavy atom. The van der Waals surface area contributed by atoms with E-state index in [0.717, 1.165) is 28.3 Å². The van der Waals surface area contributed by atoms with Crippen molar-refractivity contribution < 1.29 is 14.1 Å². The van der Waals surface area contributed by atoms with Gasteiger partial charge in [0.2, 0.25) is 5.91 Å². The van der Waals surface area contributed by atoms with Crippen LogP contribution in [0.5, 0.6) is 5.75 Å². The number of thiophene rings is 1. The van der Waals surface area contributed by atoms with Crippen LogP contribution in [0.1, 0.15) is 27.5 Å². The van der Waals surface area contributed by atoms with Crippen LogP contribution >= 0.6 is 23.1 Å². The van der Waals surface area contributed by atoms with E-state index in [1.807, 2.05) is 54.5 Å². The van der Waals surface area contributed by atoms with Crippen molar-refractivity contribution >= 4 is 29.0 Å². The number of carbonyl (C=O) groups excluding carboxylic acids is 1. The average molecular weight is 417 g/mol. The molecule has 1 amide bonds. The molecule has 3 rings (SSSR count). The van der Waals surface area contributed by atoms with Crippen LogP contribution < -0.4 is 4.74 Å². The summed E-state index contributed by atoms with van der Waals surface area (Å²) in [7, 11) is 1.66. The van der Waals surface area contributed by atoms with Gasteiger partial charge in [0.15, 0.2) is 0 Å². The Bertz CT molecular complexity index is 887. The van der Waals surface area contributed by atoms with Gasteiger partial charge in [-0.2, -0.15) is 0 Å². The van der Waals surface area contributed by atoms with Gasteiger partial charge in [-0.05, 0) is 31.4 Å². The summed E-state index contributed by atoms with van der Waals surface area (Å²) in [5.74, 6) is 2.85. The lowest BCUT2D eigenvalue weighted by Crippen LogP contribution is -2.31. The maximum absolute atomic E-state index is 13.0. The maximum Gasteiger partial charge on any atom is 0.233 e. The number of hydrogen-bond acceptors (Lipinski definition) is 6. The van der Waals surface area contributed by atoms with Crippen molar-refractivity contribution in [2.75, 3.05) is 12.9 Å². The molecule has 0 radical (unpaired) electrons. The molecule has 1 aromatic carbocycles. The number of amides is 1. The largest absolute Gasteiger partial charge is 0.496 e. The molecule has 0 bridgehead atoms. The fraction of sp³-hybridized carbons (Fsp3) is 0.333. The van der Waals surface area contributed by atoms with Crippen molar-refractivity contribution in [2.24, 2.45) is 0 Å². The van der Waals surface area contributed by atoms with E-state index < -0.39 is 0 Å². The lowest BCUT2D eigenvalue weighted by molar-refractivity contribution is -0.129. The molecule has 0 unspecified atom stereocenters. The molecular formula is C21H24N2O3S2. The molecular weight excluding hydrogens is 392 g/mol. The Hall–Kier alpha value is -2.25. The van der Waals surface area contributed by atoms with Crippen LogP contribution in [0.4, 0.5) is 0 Å². The lowest BCUT2D eigenvalue weighted by Gasteiger charge is -2.23. The van der Waals surface area contributed by atoms with Gasteiger partial charge in [-0.15, -0.1) is 23.1 Å². The minimum atomic E-state index is 0.107. The van der Waals surface area contributed by atoms with Crippen molar-refractivity contribution in [1.29, 1.82) is 0 Å². The molecule has 0 aliphatic heterocycles. The number of aromatic nitrogens is 1. The second-order valence-corrected chi connectivity index (χ2v) is 8.45. The maximum atomic E-state index is 13.0. The molecule has 148 valence electrons. The van der Waals surface area contributed by atoms with Crippen molar-refractivity contribution in [3.05, 3.63) is 69.2 Å². The number of nitrogens with zero attached hydrogens (tertiary/aromatic N) is 2. The second-order valence-electron chi connectivity index (χ2n) is 6.44. The predicted octanol–water partition coefficient (Wildman–Crippen LogP) is 4.82. The van der Waals surface area contributed by atoms with Gasteiger partial charge in [-0.1, -0.05) is 29.4 Å². The molecule has 0 fully saturated rings. The summed E-state index contributed by atoms with van der Waals surface area (Å²) in [6, 6.07) is 11.9. The molecule has 0 spiro atoms. The number of ether oxygens (including phenoxy) is 1. The van der Waals surface area contributed by atoms with Gasteiger partial charge in [0.05, 0.1) is 25.1 Å². The van der Waals surface area contributed by atoms with Gasteiger partial charge in [0, 0.05) is 28.3 Å². The van der Waals surface area contributed by atoms with Crippen LogP contribution in [-0.4, -0.2) is 28.8 Å². The van der Waals surface area contributed by atoms with Gasteiger partial charge in [0.1, 0.15) is 11.5 Å². The van der Waals surface area contributed by atoms with Crippen LogP contribution in [0.25, 0.3) is 0 Å².